The number of carbonyl (C=O) groups is 1. The van der Waals surface area contributed by atoms with E-state index in [0.717, 1.165) is 19.3 Å². The van der Waals surface area contributed by atoms with Gasteiger partial charge < -0.3 is 4.74 Å². The molecule has 0 amide bonds. The van der Waals surface area contributed by atoms with E-state index < -0.39 is 0 Å². The molecule has 11 heavy (non-hydrogen) atoms. The number of esters is 1. The first-order chi connectivity index (χ1) is 5.22. The lowest BCUT2D eigenvalue weighted by molar-refractivity contribution is -0.143. The van der Waals surface area contributed by atoms with E-state index in [1.165, 1.54) is 0 Å². The third-order valence-corrected chi connectivity index (χ3v) is 1.76. The maximum absolute atomic E-state index is 11.0. The molecule has 0 rings (SSSR count). The monoisotopic (exact) mass is 156 g/mol. The van der Waals surface area contributed by atoms with Crippen LogP contribution in [0.15, 0.2) is 0 Å². The molecule has 2 nitrogen and oxygen atoms in total. The van der Waals surface area contributed by atoms with Crippen molar-refractivity contribution in [2.75, 3.05) is 6.61 Å². The van der Waals surface area contributed by atoms with Gasteiger partial charge in [-0.15, -0.1) is 0 Å². The number of hydrogen-bond donors (Lipinski definition) is 0. The Morgan fingerprint density at radius 3 is 2.64 bits per heavy atom. The average Bonchev–Trinajstić information content (AvgIpc) is 2.03. The molecule has 0 aromatic heterocycles. The van der Waals surface area contributed by atoms with Gasteiger partial charge in [0.25, 0.3) is 0 Å². The molecule has 0 aromatic rings. The fraction of sp³-hybridized carbons (Fsp3) is 0.875. The third-order valence-electron chi connectivity index (χ3n) is 1.76. The minimum absolute atomic E-state index is 0.0547. The van der Waals surface area contributed by atoms with E-state index in [0.29, 0.717) is 6.61 Å². The van der Waals surface area contributed by atoms with Crippen LogP contribution in [-0.4, -0.2) is 20.4 Å². The minimum Gasteiger partial charge on any atom is -0.466 e. The van der Waals surface area contributed by atoms with Crippen molar-refractivity contribution >= 4 is 13.8 Å². The highest BCUT2D eigenvalue weighted by atomic mass is 16.5. The Bertz CT molecular complexity index is 115. The predicted molar refractivity (Wildman–Crippen MR) is 48.5 cm³/mol. The molecule has 0 N–H and O–H groups in total. The van der Waals surface area contributed by atoms with Crippen LogP contribution < -0.4 is 0 Å². The normalized spacial score (nSPS) is 12.5. The molecule has 1 atom stereocenters. The number of unbranched alkanes of at least 4 members (excludes halogenated alkanes) is 1. The van der Waals surface area contributed by atoms with Gasteiger partial charge in [0.15, 0.2) is 0 Å². The van der Waals surface area contributed by atoms with E-state index >= 15 is 0 Å². The summed E-state index contributed by atoms with van der Waals surface area (Å²) in [7, 11) is 1.90. The maximum Gasteiger partial charge on any atom is 0.300 e. The van der Waals surface area contributed by atoms with Gasteiger partial charge in [-0.2, -0.15) is 0 Å². The van der Waals surface area contributed by atoms with Crippen LogP contribution in [0.5, 0.6) is 0 Å². The van der Waals surface area contributed by atoms with E-state index in [-0.39, 0.29) is 11.8 Å². The van der Waals surface area contributed by atoms with Gasteiger partial charge in [0.1, 0.15) is 7.85 Å². The van der Waals surface area contributed by atoms with E-state index in [9.17, 15) is 4.79 Å². The molecule has 64 valence electrons. The van der Waals surface area contributed by atoms with Crippen LogP contribution >= 0.6 is 0 Å². The molecule has 0 aromatic carbocycles. The van der Waals surface area contributed by atoms with Crippen molar-refractivity contribution < 1.29 is 9.53 Å². The Morgan fingerprint density at radius 2 is 2.18 bits per heavy atom. The summed E-state index contributed by atoms with van der Waals surface area (Å²) in [4.78, 5) is 11.0. The molecule has 1 unspecified atom stereocenters. The lowest BCUT2D eigenvalue weighted by Crippen LogP contribution is -2.12. The lowest BCUT2D eigenvalue weighted by Gasteiger charge is -2.07. The SMILES string of the molecule is BC(CC)C(=O)OCCCC. The smallest absolute Gasteiger partial charge is 0.300 e. The molecule has 0 saturated carbocycles. The summed E-state index contributed by atoms with van der Waals surface area (Å²) in [6.07, 6.45) is 2.92. The van der Waals surface area contributed by atoms with Gasteiger partial charge in [-0.05, 0) is 6.42 Å². The van der Waals surface area contributed by atoms with E-state index in [1.807, 2.05) is 14.8 Å². The first-order valence-electron chi connectivity index (χ1n) is 4.39. The van der Waals surface area contributed by atoms with Gasteiger partial charge in [0.05, 0.1) is 6.61 Å². The zero-order valence-electron chi connectivity index (χ0n) is 7.72. The predicted octanol–water partition coefficient (Wildman–Crippen LogP) is 1.16. The van der Waals surface area contributed by atoms with Crippen molar-refractivity contribution in [1.29, 1.82) is 0 Å². The van der Waals surface area contributed by atoms with Crippen LogP contribution in [0, 0.1) is 0 Å². The number of carbonyl (C=O) groups excluding carboxylic acids is 1. The molecule has 0 fully saturated rings. The maximum atomic E-state index is 11.0. The van der Waals surface area contributed by atoms with Crippen molar-refractivity contribution in [3.63, 3.8) is 0 Å². The topological polar surface area (TPSA) is 26.3 Å². The molecule has 0 bridgehead atoms. The summed E-state index contributed by atoms with van der Waals surface area (Å²) in [5.74, 6) is 0.00723. The van der Waals surface area contributed by atoms with E-state index in [1.54, 1.807) is 0 Å². The molecular weight excluding hydrogens is 139 g/mol. The lowest BCUT2D eigenvalue weighted by atomic mass is 9.85. The molecule has 3 heteroatoms. The number of rotatable bonds is 5. The quantitative estimate of drug-likeness (QED) is 0.339. The minimum atomic E-state index is -0.0547. The zero-order valence-corrected chi connectivity index (χ0v) is 7.72. The van der Waals surface area contributed by atoms with Crippen molar-refractivity contribution in [1.82, 2.24) is 0 Å². The second-order valence-corrected chi connectivity index (χ2v) is 2.83. The molecule has 0 saturated heterocycles. The number of ether oxygens (including phenoxy) is 1. The highest BCUT2D eigenvalue weighted by Crippen LogP contribution is 2.06. The van der Waals surface area contributed by atoms with Gasteiger partial charge in [-0.3, -0.25) is 4.79 Å². The summed E-state index contributed by atoms with van der Waals surface area (Å²) < 4.78 is 5.00. The highest BCUT2D eigenvalue weighted by Gasteiger charge is 2.10. The Kier molecular flexibility index (Phi) is 5.99. The Hall–Kier alpha value is -0.465. The van der Waals surface area contributed by atoms with Crippen LogP contribution in [0.1, 0.15) is 33.1 Å². The molecule has 0 aliphatic rings. The Morgan fingerprint density at radius 1 is 1.55 bits per heavy atom. The summed E-state index contributed by atoms with van der Waals surface area (Å²) in [6, 6.07) is 0. The van der Waals surface area contributed by atoms with E-state index in [2.05, 4.69) is 6.92 Å². The third kappa shape index (κ3) is 4.88. The van der Waals surface area contributed by atoms with Crippen molar-refractivity contribution in [2.24, 2.45) is 0 Å². The van der Waals surface area contributed by atoms with Crippen molar-refractivity contribution in [3.05, 3.63) is 0 Å². The van der Waals surface area contributed by atoms with Gasteiger partial charge in [0.2, 0.25) is 0 Å². The molecule has 0 aliphatic carbocycles. The summed E-state index contributed by atoms with van der Waals surface area (Å²) >= 11 is 0. The van der Waals surface area contributed by atoms with E-state index in [4.69, 9.17) is 4.74 Å². The number of hydrogen-bond acceptors (Lipinski definition) is 2. The summed E-state index contributed by atoms with van der Waals surface area (Å²) in [6.45, 7) is 4.66. The van der Waals surface area contributed by atoms with Crippen molar-refractivity contribution in [3.8, 4) is 0 Å². The van der Waals surface area contributed by atoms with Crippen LogP contribution in [0.3, 0.4) is 0 Å². The van der Waals surface area contributed by atoms with Crippen LogP contribution in [0.2, 0.25) is 5.82 Å². The zero-order chi connectivity index (χ0) is 8.69. The fourth-order valence-corrected chi connectivity index (χ4v) is 0.626. The van der Waals surface area contributed by atoms with Gasteiger partial charge in [-0.1, -0.05) is 26.7 Å². The Labute approximate surface area is 69.7 Å². The standard InChI is InChI=1S/C8H17BO2/c1-3-5-6-11-8(10)7(9)4-2/h7H,3-6,9H2,1-2H3. The second kappa shape index (κ2) is 6.26. The largest absolute Gasteiger partial charge is 0.466 e. The summed E-state index contributed by atoms with van der Waals surface area (Å²) in [5.41, 5.74) is 0. The highest BCUT2D eigenvalue weighted by molar-refractivity contribution is 6.22. The molecular formula is C8H17BO2. The first kappa shape index (κ1) is 10.5. The second-order valence-electron chi connectivity index (χ2n) is 2.83. The van der Waals surface area contributed by atoms with Crippen molar-refractivity contribution in [2.45, 2.75) is 38.9 Å². The first-order valence-corrected chi connectivity index (χ1v) is 4.39. The van der Waals surface area contributed by atoms with Crippen LogP contribution in [0.4, 0.5) is 0 Å². The average molecular weight is 156 g/mol. The van der Waals surface area contributed by atoms with Gasteiger partial charge in [-0.25, -0.2) is 0 Å². The molecule has 0 heterocycles. The molecule has 0 radical (unpaired) electrons. The molecule has 0 aliphatic heterocycles. The van der Waals surface area contributed by atoms with Crippen LogP contribution in [-0.2, 0) is 9.53 Å². The van der Waals surface area contributed by atoms with Gasteiger partial charge >= 0.3 is 5.97 Å². The fourth-order valence-electron chi connectivity index (χ4n) is 0.626. The summed E-state index contributed by atoms with van der Waals surface area (Å²) in [5, 5.41) is 0. The van der Waals surface area contributed by atoms with Gasteiger partial charge in [0, 0.05) is 5.82 Å². The molecule has 0 spiro atoms. The Balaban J connectivity index is 3.36. The van der Waals surface area contributed by atoms with Crippen LogP contribution in [0.25, 0.3) is 0 Å².